The molecule has 0 saturated carbocycles. The number of guanidine groups is 1. The molecule has 5 nitrogen and oxygen atoms in total. The van der Waals surface area contributed by atoms with Gasteiger partial charge in [0.2, 0.25) is 0 Å². The largest absolute Gasteiger partial charge is 0.357 e. The predicted molar refractivity (Wildman–Crippen MR) is 123 cm³/mol. The molecule has 1 fully saturated rings. The third-order valence-corrected chi connectivity index (χ3v) is 4.87. The number of hydrogen-bond donors (Lipinski definition) is 2. The Morgan fingerprint density at radius 2 is 1.69 bits per heavy atom. The zero-order valence-corrected chi connectivity index (χ0v) is 18.9. The number of rotatable bonds is 8. The van der Waals surface area contributed by atoms with Crippen molar-refractivity contribution in [2.45, 2.75) is 26.7 Å². The molecular formula is C20H36IN5. The Hall–Kier alpha value is -0.860. The van der Waals surface area contributed by atoms with E-state index in [-0.39, 0.29) is 24.0 Å². The summed E-state index contributed by atoms with van der Waals surface area (Å²) in [5, 5.41) is 6.84. The number of halogens is 1. The number of piperazine rings is 1. The monoisotopic (exact) mass is 473 g/mol. The number of likely N-dealkylation sites (N-methyl/N-ethyl adjacent to an activating group) is 1. The summed E-state index contributed by atoms with van der Waals surface area (Å²) in [7, 11) is 0. The second-order valence-electron chi connectivity index (χ2n) is 6.73. The second-order valence-corrected chi connectivity index (χ2v) is 6.73. The van der Waals surface area contributed by atoms with Crippen molar-refractivity contribution >= 4 is 29.9 Å². The van der Waals surface area contributed by atoms with Gasteiger partial charge in [-0.05, 0) is 19.0 Å². The van der Waals surface area contributed by atoms with Crippen molar-refractivity contribution in [2.24, 2.45) is 4.99 Å². The molecule has 1 aromatic carbocycles. The van der Waals surface area contributed by atoms with Gasteiger partial charge >= 0.3 is 0 Å². The van der Waals surface area contributed by atoms with Crippen molar-refractivity contribution in [2.75, 3.05) is 58.9 Å². The molecule has 26 heavy (non-hydrogen) atoms. The van der Waals surface area contributed by atoms with E-state index in [0.717, 1.165) is 32.1 Å². The summed E-state index contributed by atoms with van der Waals surface area (Å²) in [6, 6.07) is 10.6. The lowest BCUT2D eigenvalue weighted by Crippen LogP contribution is -2.49. The van der Waals surface area contributed by atoms with Crippen molar-refractivity contribution < 1.29 is 0 Å². The van der Waals surface area contributed by atoms with E-state index in [1.165, 1.54) is 38.3 Å². The third kappa shape index (κ3) is 8.22. The number of hydrogen-bond acceptors (Lipinski definition) is 3. The quantitative estimate of drug-likeness (QED) is 0.346. The van der Waals surface area contributed by atoms with Crippen LogP contribution in [0.4, 0.5) is 0 Å². The predicted octanol–water partition coefficient (Wildman–Crippen LogP) is 2.60. The van der Waals surface area contributed by atoms with Gasteiger partial charge in [-0.1, -0.05) is 44.2 Å². The fraction of sp³-hybridized carbons (Fsp3) is 0.650. The van der Waals surface area contributed by atoms with Crippen LogP contribution in [-0.2, 0) is 0 Å². The highest BCUT2D eigenvalue weighted by atomic mass is 127. The molecule has 6 heteroatoms. The van der Waals surface area contributed by atoms with Gasteiger partial charge in [0.05, 0.1) is 0 Å². The first kappa shape index (κ1) is 23.2. The number of nitrogens with one attached hydrogen (secondary N) is 2. The molecule has 0 bridgehead atoms. The van der Waals surface area contributed by atoms with Crippen LogP contribution in [-0.4, -0.2) is 74.7 Å². The highest BCUT2D eigenvalue weighted by molar-refractivity contribution is 14.0. The first-order valence-corrected chi connectivity index (χ1v) is 9.74. The fourth-order valence-corrected chi connectivity index (χ4v) is 3.12. The molecule has 0 amide bonds. The fourth-order valence-electron chi connectivity index (χ4n) is 3.12. The van der Waals surface area contributed by atoms with Crippen molar-refractivity contribution in [3.8, 4) is 0 Å². The summed E-state index contributed by atoms with van der Waals surface area (Å²) < 4.78 is 0. The Balaban J connectivity index is 0.00000338. The van der Waals surface area contributed by atoms with Crippen LogP contribution < -0.4 is 10.6 Å². The van der Waals surface area contributed by atoms with Crippen molar-refractivity contribution in [1.82, 2.24) is 20.4 Å². The van der Waals surface area contributed by atoms with Crippen LogP contribution in [0.2, 0.25) is 0 Å². The molecule has 1 aliphatic heterocycles. The van der Waals surface area contributed by atoms with E-state index in [2.05, 4.69) is 71.5 Å². The van der Waals surface area contributed by atoms with E-state index in [9.17, 15) is 0 Å². The highest BCUT2D eigenvalue weighted by Crippen LogP contribution is 2.14. The van der Waals surface area contributed by atoms with Crippen LogP contribution in [0.1, 0.15) is 32.3 Å². The van der Waals surface area contributed by atoms with Gasteiger partial charge in [-0.2, -0.15) is 0 Å². The van der Waals surface area contributed by atoms with Crippen molar-refractivity contribution in [3.05, 3.63) is 35.9 Å². The van der Waals surface area contributed by atoms with Crippen LogP contribution in [0.3, 0.4) is 0 Å². The standard InChI is InChI=1S/C20H35N5.HI/c1-4-21-20(23-17-18(3)19-9-7-6-8-10-19)22-11-12-25-15-13-24(5-2)14-16-25;/h6-10,18H,4-5,11-17H2,1-3H3,(H2,21,22,23);1H. The normalized spacial score (nSPS) is 17.4. The second kappa shape index (κ2) is 13.3. The van der Waals surface area contributed by atoms with Gasteiger partial charge in [0.15, 0.2) is 5.96 Å². The van der Waals surface area contributed by atoms with E-state index in [0.29, 0.717) is 5.92 Å². The molecule has 1 aromatic rings. The van der Waals surface area contributed by atoms with E-state index in [1.54, 1.807) is 0 Å². The zero-order valence-electron chi connectivity index (χ0n) is 16.6. The Morgan fingerprint density at radius 1 is 1.04 bits per heavy atom. The number of nitrogens with zero attached hydrogens (tertiary/aromatic N) is 3. The lowest BCUT2D eigenvalue weighted by Gasteiger charge is -2.34. The topological polar surface area (TPSA) is 42.9 Å². The van der Waals surface area contributed by atoms with Gasteiger partial charge in [0, 0.05) is 58.3 Å². The van der Waals surface area contributed by atoms with E-state index >= 15 is 0 Å². The van der Waals surface area contributed by atoms with Crippen LogP contribution in [0.5, 0.6) is 0 Å². The molecule has 1 heterocycles. The van der Waals surface area contributed by atoms with Gasteiger partial charge in [0.25, 0.3) is 0 Å². The third-order valence-electron chi connectivity index (χ3n) is 4.87. The van der Waals surface area contributed by atoms with Gasteiger partial charge in [-0.15, -0.1) is 24.0 Å². The average molecular weight is 473 g/mol. The van der Waals surface area contributed by atoms with Gasteiger partial charge in [0.1, 0.15) is 0 Å². The molecule has 2 rings (SSSR count). The molecule has 0 aromatic heterocycles. The summed E-state index contributed by atoms with van der Waals surface area (Å²) >= 11 is 0. The summed E-state index contributed by atoms with van der Waals surface area (Å²) in [6.07, 6.45) is 0. The van der Waals surface area contributed by atoms with Crippen LogP contribution in [0, 0.1) is 0 Å². The molecule has 148 valence electrons. The molecule has 0 radical (unpaired) electrons. The zero-order chi connectivity index (χ0) is 17.9. The van der Waals surface area contributed by atoms with Crippen LogP contribution in [0.25, 0.3) is 0 Å². The van der Waals surface area contributed by atoms with Crippen LogP contribution >= 0.6 is 24.0 Å². The molecule has 1 aliphatic rings. The van der Waals surface area contributed by atoms with Gasteiger partial charge in [-0.3, -0.25) is 9.89 Å². The minimum Gasteiger partial charge on any atom is -0.357 e. The van der Waals surface area contributed by atoms with Crippen LogP contribution in [0.15, 0.2) is 35.3 Å². The van der Waals surface area contributed by atoms with E-state index in [1.807, 2.05) is 0 Å². The lowest BCUT2D eigenvalue weighted by molar-refractivity contribution is 0.139. The maximum atomic E-state index is 4.77. The molecule has 2 N–H and O–H groups in total. The van der Waals surface area contributed by atoms with Gasteiger partial charge < -0.3 is 15.5 Å². The summed E-state index contributed by atoms with van der Waals surface area (Å²) in [5.41, 5.74) is 1.34. The summed E-state index contributed by atoms with van der Waals surface area (Å²) in [5.74, 6) is 1.36. The Kier molecular flexibility index (Phi) is 11.9. The molecule has 1 saturated heterocycles. The summed E-state index contributed by atoms with van der Waals surface area (Å²) in [4.78, 5) is 9.82. The van der Waals surface area contributed by atoms with E-state index in [4.69, 9.17) is 4.99 Å². The molecule has 0 spiro atoms. The SMILES string of the molecule is CCNC(=NCC(C)c1ccccc1)NCCN1CCN(CC)CC1.I. The number of benzene rings is 1. The summed E-state index contributed by atoms with van der Waals surface area (Å²) in [6.45, 7) is 16.2. The molecular weight excluding hydrogens is 437 g/mol. The highest BCUT2D eigenvalue weighted by Gasteiger charge is 2.14. The molecule has 1 atom stereocenters. The minimum atomic E-state index is 0. The first-order valence-electron chi connectivity index (χ1n) is 9.74. The Bertz CT molecular complexity index is 500. The maximum absolute atomic E-state index is 4.77. The van der Waals surface area contributed by atoms with Gasteiger partial charge in [-0.25, -0.2) is 0 Å². The smallest absolute Gasteiger partial charge is 0.191 e. The Labute approximate surface area is 176 Å². The minimum absolute atomic E-state index is 0. The first-order chi connectivity index (χ1) is 12.2. The average Bonchev–Trinajstić information content (AvgIpc) is 2.67. The van der Waals surface area contributed by atoms with Crippen molar-refractivity contribution in [3.63, 3.8) is 0 Å². The van der Waals surface area contributed by atoms with E-state index < -0.39 is 0 Å². The molecule has 0 aliphatic carbocycles. The lowest BCUT2D eigenvalue weighted by atomic mass is 10.0. The van der Waals surface area contributed by atoms with Crippen molar-refractivity contribution in [1.29, 1.82) is 0 Å². The molecule has 1 unspecified atom stereocenters. The maximum Gasteiger partial charge on any atom is 0.191 e. The number of aliphatic imine (C=N–C) groups is 1. The Morgan fingerprint density at radius 3 is 2.31 bits per heavy atom.